The van der Waals surface area contributed by atoms with Crippen molar-refractivity contribution >= 4 is 16.8 Å². The lowest BCUT2D eigenvalue weighted by molar-refractivity contribution is 0.00272. The van der Waals surface area contributed by atoms with Crippen LogP contribution in [0.25, 0.3) is 0 Å². The van der Waals surface area contributed by atoms with Crippen LogP contribution in [-0.2, 0) is 15.5 Å². The van der Waals surface area contributed by atoms with Crippen molar-refractivity contribution in [3.8, 4) is 0 Å². The SMILES string of the molecule is CCC(CC)C(CNC(=NC)NCCS(=O)C(C)(C)C)N1CCOCC1. The van der Waals surface area contributed by atoms with Crippen LogP contribution in [0, 0.1) is 5.92 Å². The van der Waals surface area contributed by atoms with Crippen LogP contribution >= 0.6 is 0 Å². The van der Waals surface area contributed by atoms with Gasteiger partial charge in [0.2, 0.25) is 0 Å². The average molecular weight is 389 g/mol. The van der Waals surface area contributed by atoms with E-state index in [1.165, 1.54) is 12.8 Å². The molecule has 0 saturated carbocycles. The van der Waals surface area contributed by atoms with E-state index in [1.807, 2.05) is 20.8 Å². The maximum atomic E-state index is 12.2. The zero-order valence-corrected chi connectivity index (χ0v) is 18.5. The van der Waals surface area contributed by atoms with Gasteiger partial charge in [-0.05, 0) is 26.7 Å². The monoisotopic (exact) mass is 388 g/mol. The minimum absolute atomic E-state index is 0.171. The summed E-state index contributed by atoms with van der Waals surface area (Å²) >= 11 is 0. The Morgan fingerprint density at radius 3 is 2.31 bits per heavy atom. The van der Waals surface area contributed by atoms with Gasteiger partial charge in [0, 0.05) is 60.6 Å². The Bertz CT molecular complexity index is 441. The molecule has 1 heterocycles. The molecule has 6 nitrogen and oxygen atoms in total. The zero-order valence-electron chi connectivity index (χ0n) is 17.6. The highest BCUT2D eigenvalue weighted by molar-refractivity contribution is 7.86. The second-order valence-corrected chi connectivity index (χ2v) is 10.2. The molecule has 2 atom stereocenters. The summed E-state index contributed by atoms with van der Waals surface area (Å²) in [6.45, 7) is 15.8. The number of morpholine rings is 1. The first-order valence-electron chi connectivity index (χ1n) is 9.98. The van der Waals surface area contributed by atoms with Crippen LogP contribution in [0.5, 0.6) is 0 Å². The molecule has 0 amide bonds. The molecule has 2 N–H and O–H groups in total. The van der Waals surface area contributed by atoms with Crippen LogP contribution in [0.2, 0.25) is 0 Å². The van der Waals surface area contributed by atoms with E-state index in [4.69, 9.17) is 4.74 Å². The van der Waals surface area contributed by atoms with Gasteiger partial charge in [-0.15, -0.1) is 0 Å². The standard InChI is InChI=1S/C19H40N4O2S/c1-7-16(8-2)17(23-10-12-25-13-11-23)15-22-18(20-6)21-9-14-26(24)19(3,4)5/h16-17H,7-15H2,1-6H3,(H2,20,21,22). The van der Waals surface area contributed by atoms with Crippen molar-refractivity contribution in [2.75, 3.05) is 52.2 Å². The molecular formula is C19H40N4O2S. The highest BCUT2D eigenvalue weighted by atomic mass is 32.2. The third-order valence-electron chi connectivity index (χ3n) is 5.07. The number of rotatable bonds is 9. The van der Waals surface area contributed by atoms with Crippen LogP contribution in [0.4, 0.5) is 0 Å². The molecular weight excluding hydrogens is 348 g/mol. The normalized spacial score (nSPS) is 19.4. The van der Waals surface area contributed by atoms with E-state index in [-0.39, 0.29) is 4.75 Å². The maximum absolute atomic E-state index is 12.2. The molecule has 0 aromatic heterocycles. The van der Waals surface area contributed by atoms with Gasteiger partial charge < -0.3 is 15.4 Å². The molecule has 0 spiro atoms. The van der Waals surface area contributed by atoms with Crippen molar-refractivity contribution in [2.24, 2.45) is 10.9 Å². The zero-order chi connectivity index (χ0) is 19.6. The second kappa shape index (κ2) is 11.9. The smallest absolute Gasteiger partial charge is 0.191 e. The van der Waals surface area contributed by atoms with Crippen molar-refractivity contribution in [1.29, 1.82) is 0 Å². The van der Waals surface area contributed by atoms with E-state index in [9.17, 15) is 4.21 Å². The molecule has 154 valence electrons. The number of aliphatic imine (C=N–C) groups is 1. The summed E-state index contributed by atoms with van der Waals surface area (Å²) in [4.78, 5) is 6.88. The van der Waals surface area contributed by atoms with Crippen molar-refractivity contribution in [1.82, 2.24) is 15.5 Å². The van der Waals surface area contributed by atoms with Crippen molar-refractivity contribution in [3.05, 3.63) is 0 Å². The van der Waals surface area contributed by atoms with Crippen molar-refractivity contribution < 1.29 is 8.95 Å². The van der Waals surface area contributed by atoms with Crippen LogP contribution < -0.4 is 10.6 Å². The Morgan fingerprint density at radius 1 is 1.19 bits per heavy atom. The highest BCUT2D eigenvalue weighted by Gasteiger charge is 2.27. The minimum Gasteiger partial charge on any atom is -0.379 e. The van der Waals surface area contributed by atoms with Crippen LogP contribution in [0.15, 0.2) is 4.99 Å². The van der Waals surface area contributed by atoms with Gasteiger partial charge in [-0.25, -0.2) is 0 Å². The third kappa shape index (κ3) is 7.92. The van der Waals surface area contributed by atoms with E-state index in [1.54, 1.807) is 7.05 Å². The molecule has 1 fully saturated rings. The summed E-state index contributed by atoms with van der Waals surface area (Å²) in [5.41, 5.74) is 0. The fourth-order valence-corrected chi connectivity index (χ4v) is 4.23. The van der Waals surface area contributed by atoms with Gasteiger partial charge in [-0.3, -0.25) is 14.1 Å². The summed E-state index contributed by atoms with van der Waals surface area (Å²) in [6.07, 6.45) is 2.35. The molecule has 0 aromatic carbocycles. The summed E-state index contributed by atoms with van der Waals surface area (Å²) < 4.78 is 17.5. The summed E-state index contributed by atoms with van der Waals surface area (Å²) in [6, 6.07) is 0.483. The lowest BCUT2D eigenvalue weighted by Gasteiger charge is -2.39. The van der Waals surface area contributed by atoms with Gasteiger partial charge in [-0.1, -0.05) is 26.7 Å². The van der Waals surface area contributed by atoms with Gasteiger partial charge in [0.15, 0.2) is 5.96 Å². The fraction of sp³-hybridized carbons (Fsp3) is 0.947. The highest BCUT2D eigenvalue weighted by Crippen LogP contribution is 2.19. The predicted octanol–water partition coefficient (Wildman–Crippen LogP) is 1.84. The maximum Gasteiger partial charge on any atom is 0.191 e. The summed E-state index contributed by atoms with van der Waals surface area (Å²) in [5.74, 6) is 2.08. The number of hydrogen-bond acceptors (Lipinski definition) is 4. The van der Waals surface area contributed by atoms with Gasteiger partial charge in [0.25, 0.3) is 0 Å². The minimum atomic E-state index is -0.850. The summed E-state index contributed by atoms with van der Waals surface area (Å²) in [7, 11) is 0.939. The molecule has 1 aliphatic heterocycles. The van der Waals surface area contributed by atoms with Crippen LogP contribution in [-0.4, -0.2) is 78.1 Å². The Hall–Kier alpha value is -0.660. The van der Waals surface area contributed by atoms with Gasteiger partial charge in [0.05, 0.1) is 13.2 Å². The molecule has 26 heavy (non-hydrogen) atoms. The first kappa shape index (κ1) is 23.4. The number of guanidine groups is 1. The lowest BCUT2D eigenvalue weighted by Crippen LogP contribution is -2.53. The number of hydrogen-bond donors (Lipinski definition) is 2. The van der Waals surface area contributed by atoms with Crippen LogP contribution in [0.3, 0.4) is 0 Å². The predicted molar refractivity (Wildman–Crippen MR) is 112 cm³/mol. The first-order chi connectivity index (χ1) is 12.3. The van der Waals surface area contributed by atoms with Crippen molar-refractivity contribution in [3.63, 3.8) is 0 Å². The molecule has 2 unspecified atom stereocenters. The Morgan fingerprint density at radius 2 is 1.81 bits per heavy atom. The van der Waals surface area contributed by atoms with Gasteiger partial charge in [-0.2, -0.15) is 0 Å². The third-order valence-corrected chi connectivity index (χ3v) is 7.01. The van der Waals surface area contributed by atoms with Gasteiger partial charge >= 0.3 is 0 Å². The largest absolute Gasteiger partial charge is 0.379 e. The molecule has 1 aliphatic rings. The molecule has 0 aliphatic carbocycles. The van der Waals surface area contributed by atoms with E-state index in [2.05, 4.69) is 34.4 Å². The second-order valence-electron chi connectivity index (χ2n) is 7.83. The molecule has 1 rings (SSSR count). The van der Waals surface area contributed by atoms with E-state index >= 15 is 0 Å². The number of nitrogens with one attached hydrogen (secondary N) is 2. The van der Waals surface area contributed by atoms with Gasteiger partial charge in [0.1, 0.15) is 0 Å². The molecule has 0 radical (unpaired) electrons. The van der Waals surface area contributed by atoms with E-state index in [0.29, 0.717) is 24.3 Å². The van der Waals surface area contributed by atoms with E-state index in [0.717, 1.165) is 38.8 Å². The van der Waals surface area contributed by atoms with Crippen molar-refractivity contribution in [2.45, 2.75) is 58.2 Å². The lowest BCUT2D eigenvalue weighted by atomic mass is 9.92. The van der Waals surface area contributed by atoms with Crippen LogP contribution in [0.1, 0.15) is 47.5 Å². The number of ether oxygens (including phenoxy) is 1. The Labute approximate surface area is 163 Å². The Balaban J connectivity index is 2.54. The van der Waals surface area contributed by atoms with E-state index < -0.39 is 10.8 Å². The first-order valence-corrected chi connectivity index (χ1v) is 11.3. The Kier molecular flexibility index (Phi) is 10.7. The average Bonchev–Trinajstić information content (AvgIpc) is 2.63. The quantitative estimate of drug-likeness (QED) is 0.466. The molecule has 7 heteroatoms. The topological polar surface area (TPSA) is 66.0 Å². The molecule has 1 saturated heterocycles. The summed E-state index contributed by atoms with van der Waals surface area (Å²) in [5, 5.41) is 6.79. The molecule has 0 aromatic rings. The fourth-order valence-electron chi connectivity index (χ4n) is 3.33. The molecule has 0 bridgehead atoms. The number of nitrogens with zero attached hydrogens (tertiary/aromatic N) is 2.